The van der Waals surface area contributed by atoms with Crippen LogP contribution in [0.25, 0.3) is 0 Å². The van der Waals surface area contributed by atoms with Crippen molar-refractivity contribution in [1.82, 2.24) is 0 Å². The first-order valence-corrected chi connectivity index (χ1v) is 7.13. The van der Waals surface area contributed by atoms with Crippen LogP contribution in [-0.4, -0.2) is 30.5 Å². The van der Waals surface area contributed by atoms with E-state index in [4.69, 9.17) is 14.6 Å². The van der Waals surface area contributed by atoms with Crippen LogP contribution in [0.1, 0.15) is 39.2 Å². The fourth-order valence-corrected chi connectivity index (χ4v) is 1.78. The number of unbranched alkanes of at least 4 members (excludes halogenated alkanes) is 1. The maximum atomic E-state index is 9.16. The zero-order chi connectivity index (χ0) is 14.1. The average molecular weight is 266 g/mol. The van der Waals surface area contributed by atoms with Crippen molar-refractivity contribution in [3.63, 3.8) is 0 Å². The Hall–Kier alpha value is -1.06. The van der Waals surface area contributed by atoms with E-state index >= 15 is 0 Å². The largest absolute Gasteiger partial charge is 0.491 e. The number of aryl methyl sites for hydroxylation is 1. The molecule has 0 amide bonds. The fourth-order valence-electron chi connectivity index (χ4n) is 1.78. The monoisotopic (exact) mass is 266 g/mol. The zero-order valence-electron chi connectivity index (χ0n) is 12.3. The van der Waals surface area contributed by atoms with E-state index in [1.807, 2.05) is 25.1 Å². The Balaban J connectivity index is 2.43. The fraction of sp³-hybridized carbons (Fsp3) is 0.625. The van der Waals surface area contributed by atoms with Crippen LogP contribution in [0.2, 0.25) is 0 Å². The summed E-state index contributed by atoms with van der Waals surface area (Å²) in [7, 11) is 0. The molecule has 108 valence electrons. The van der Waals surface area contributed by atoms with E-state index < -0.39 is 6.10 Å². The number of para-hydroxylation sites is 1. The van der Waals surface area contributed by atoms with Crippen molar-refractivity contribution < 1.29 is 14.6 Å². The van der Waals surface area contributed by atoms with Crippen molar-refractivity contribution in [3.05, 3.63) is 29.8 Å². The van der Waals surface area contributed by atoms with Gasteiger partial charge in [0.2, 0.25) is 0 Å². The highest BCUT2D eigenvalue weighted by atomic mass is 16.5. The van der Waals surface area contributed by atoms with Crippen LogP contribution < -0.4 is 4.74 Å². The number of benzene rings is 1. The molecule has 0 aliphatic rings. The molecule has 0 aliphatic heterocycles. The summed E-state index contributed by atoms with van der Waals surface area (Å²) in [6.45, 7) is 6.72. The number of hydrogen-bond donors (Lipinski definition) is 1. The molecule has 0 bridgehead atoms. The van der Waals surface area contributed by atoms with Gasteiger partial charge in [-0.15, -0.1) is 0 Å². The van der Waals surface area contributed by atoms with E-state index in [1.54, 1.807) is 6.92 Å². The van der Waals surface area contributed by atoms with Crippen LogP contribution in [0.5, 0.6) is 5.75 Å². The topological polar surface area (TPSA) is 38.7 Å². The second-order valence-electron chi connectivity index (χ2n) is 5.02. The van der Waals surface area contributed by atoms with Gasteiger partial charge in [-0.25, -0.2) is 0 Å². The first-order chi connectivity index (χ1) is 9.13. The molecule has 3 nitrogen and oxygen atoms in total. The van der Waals surface area contributed by atoms with E-state index in [-0.39, 0.29) is 6.10 Å². The third-order valence-electron chi connectivity index (χ3n) is 2.87. The molecule has 1 N–H and O–H groups in total. The maximum Gasteiger partial charge on any atom is 0.122 e. The van der Waals surface area contributed by atoms with Gasteiger partial charge in [0.25, 0.3) is 0 Å². The van der Waals surface area contributed by atoms with Crippen molar-refractivity contribution in [2.24, 2.45) is 0 Å². The van der Waals surface area contributed by atoms with Gasteiger partial charge in [-0.1, -0.05) is 31.5 Å². The quantitative estimate of drug-likeness (QED) is 0.746. The molecule has 0 saturated carbocycles. The SMILES string of the molecule is CCCCc1ccccc1OCC(C)OCC(C)O. The number of rotatable bonds is 9. The molecule has 0 heterocycles. The molecule has 2 atom stereocenters. The highest BCUT2D eigenvalue weighted by Gasteiger charge is 2.07. The molecule has 0 aromatic heterocycles. The van der Waals surface area contributed by atoms with Crippen molar-refractivity contribution in [2.45, 2.75) is 52.2 Å². The second kappa shape index (κ2) is 8.94. The molecule has 1 aromatic rings. The Morgan fingerprint density at radius 3 is 2.58 bits per heavy atom. The zero-order valence-corrected chi connectivity index (χ0v) is 12.3. The molecular formula is C16H26O3. The molecule has 0 aliphatic carbocycles. The van der Waals surface area contributed by atoms with Crippen LogP contribution in [0.4, 0.5) is 0 Å². The van der Waals surface area contributed by atoms with Crippen LogP contribution >= 0.6 is 0 Å². The van der Waals surface area contributed by atoms with E-state index in [0.717, 1.165) is 12.2 Å². The van der Waals surface area contributed by atoms with Crippen LogP contribution in [-0.2, 0) is 11.2 Å². The van der Waals surface area contributed by atoms with E-state index in [2.05, 4.69) is 13.0 Å². The summed E-state index contributed by atoms with van der Waals surface area (Å²) in [5.41, 5.74) is 1.26. The Morgan fingerprint density at radius 2 is 1.89 bits per heavy atom. The molecule has 0 fully saturated rings. The molecule has 2 unspecified atom stereocenters. The lowest BCUT2D eigenvalue weighted by Gasteiger charge is -2.17. The molecular weight excluding hydrogens is 240 g/mol. The van der Waals surface area contributed by atoms with E-state index in [9.17, 15) is 0 Å². The first-order valence-electron chi connectivity index (χ1n) is 7.13. The molecule has 19 heavy (non-hydrogen) atoms. The van der Waals surface area contributed by atoms with E-state index in [1.165, 1.54) is 18.4 Å². The van der Waals surface area contributed by atoms with Gasteiger partial charge in [0.05, 0.1) is 18.8 Å². The van der Waals surface area contributed by atoms with Gasteiger partial charge >= 0.3 is 0 Å². The highest BCUT2D eigenvalue weighted by Crippen LogP contribution is 2.20. The lowest BCUT2D eigenvalue weighted by molar-refractivity contribution is -0.0133. The van der Waals surface area contributed by atoms with Crippen LogP contribution in [0.3, 0.4) is 0 Å². The van der Waals surface area contributed by atoms with Gasteiger partial charge in [0.1, 0.15) is 12.4 Å². The van der Waals surface area contributed by atoms with Gasteiger partial charge in [-0.3, -0.25) is 0 Å². The lowest BCUT2D eigenvalue weighted by Crippen LogP contribution is -2.23. The summed E-state index contributed by atoms with van der Waals surface area (Å²) < 4.78 is 11.3. The molecule has 0 spiro atoms. The van der Waals surface area contributed by atoms with Gasteiger partial charge in [0.15, 0.2) is 0 Å². The Morgan fingerprint density at radius 1 is 1.16 bits per heavy atom. The molecule has 1 rings (SSSR count). The molecule has 3 heteroatoms. The van der Waals surface area contributed by atoms with Gasteiger partial charge in [-0.2, -0.15) is 0 Å². The molecule has 0 saturated heterocycles. The second-order valence-corrected chi connectivity index (χ2v) is 5.02. The van der Waals surface area contributed by atoms with Crippen molar-refractivity contribution in [1.29, 1.82) is 0 Å². The predicted molar refractivity (Wildman–Crippen MR) is 77.6 cm³/mol. The smallest absolute Gasteiger partial charge is 0.122 e. The third kappa shape index (κ3) is 6.60. The van der Waals surface area contributed by atoms with Gasteiger partial charge in [0, 0.05) is 0 Å². The minimum Gasteiger partial charge on any atom is -0.491 e. The van der Waals surface area contributed by atoms with Crippen LogP contribution in [0, 0.1) is 0 Å². The Bertz CT molecular complexity index is 350. The summed E-state index contributed by atoms with van der Waals surface area (Å²) in [4.78, 5) is 0. The molecule has 0 radical (unpaired) electrons. The van der Waals surface area contributed by atoms with Crippen molar-refractivity contribution >= 4 is 0 Å². The van der Waals surface area contributed by atoms with E-state index in [0.29, 0.717) is 13.2 Å². The Kier molecular flexibility index (Phi) is 7.53. The summed E-state index contributed by atoms with van der Waals surface area (Å²) in [6.07, 6.45) is 2.96. The average Bonchev–Trinajstić information content (AvgIpc) is 2.41. The highest BCUT2D eigenvalue weighted by molar-refractivity contribution is 5.33. The minimum atomic E-state index is -0.431. The number of hydrogen-bond acceptors (Lipinski definition) is 3. The lowest BCUT2D eigenvalue weighted by atomic mass is 10.1. The number of aliphatic hydroxyl groups is 1. The Labute approximate surface area is 116 Å². The van der Waals surface area contributed by atoms with Crippen molar-refractivity contribution in [2.75, 3.05) is 13.2 Å². The molecule has 1 aromatic carbocycles. The predicted octanol–water partition coefficient (Wildman–Crippen LogP) is 3.19. The summed E-state index contributed by atoms with van der Waals surface area (Å²) in [5, 5.41) is 9.16. The summed E-state index contributed by atoms with van der Waals surface area (Å²) in [6, 6.07) is 8.16. The van der Waals surface area contributed by atoms with Gasteiger partial charge in [-0.05, 0) is 38.3 Å². The minimum absolute atomic E-state index is 0.0196. The third-order valence-corrected chi connectivity index (χ3v) is 2.87. The van der Waals surface area contributed by atoms with Gasteiger partial charge < -0.3 is 14.6 Å². The first kappa shape index (κ1) is 16.0. The summed E-state index contributed by atoms with van der Waals surface area (Å²) in [5.74, 6) is 0.948. The standard InChI is InChI=1S/C16H26O3/c1-4-5-8-15-9-6-7-10-16(15)19-12-14(3)18-11-13(2)17/h6-7,9-10,13-14,17H,4-5,8,11-12H2,1-3H3. The number of aliphatic hydroxyl groups excluding tert-OH is 1. The van der Waals surface area contributed by atoms with Crippen LogP contribution in [0.15, 0.2) is 24.3 Å². The number of ether oxygens (including phenoxy) is 2. The normalized spacial score (nSPS) is 14.1. The summed E-state index contributed by atoms with van der Waals surface area (Å²) >= 11 is 0. The maximum absolute atomic E-state index is 9.16. The van der Waals surface area contributed by atoms with Crippen molar-refractivity contribution in [3.8, 4) is 5.75 Å².